The fraction of sp³-hybridized carbons (Fsp3) is 0.400. The van der Waals surface area contributed by atoms with Crippen molar-refractivity contribution in [2.24, 2.45) is 0 Å². The Labute approximate surface area is 117 Å². The first-order chi connectivity index (χ1) is 9.56. The number of hydrogen-bond donors (Lipinski definition) is 1. The summed E-state index contributed by atoms with van der Waals surface area (Å²) in [5, 5.41) is 0. The molecule has 0 unspecified atom stereocenters. The molecular formula is C15H18FN3O. The zero-order chi connectivity index (χ0) is 14.3. The van der Waals surface area contributed by atoms with Gasteiger partial charge < -0.3 is 15.1 Å². The Kier molecular flexibility index (Phi) is 3.12. The summed E-state index contributed by atoms with van der Waals surface area (Å²) in [5.74, 6) is 0.376. The predicted molar refractivity (Wildman–Crippen MR) is 77.1 cm³/mol. The second-order valence-corrected chi connectivity index (χ2v) is 5.31. The topological polar surface area (TPSA) is 55.3 Å². The molecule has 0 amide bonds. The van der Waals surface area contributed by atoms with Crippen LogP contribution >= 0.6 is 0 Å². The SMILES string of the molecule is Cc1oc(N)nc1-c1ccc(N2CCC[C@@H]2C)c(F)c1. The minimum Gasteiger partial charge on any atom is -0.429 e. The molecule has 0 radical (unpaired) electrons. The van der Waals surface area contributed by atoms with Gasteiger partial charge in [0.05, 0.1) is 5.69 Å². The second-order valence-electron chi connectivity index (χ2n) is 5.31. The molecule has 106 valence electrons. The lowest BCUT2D eigenvalue weighted by Gasteiger charge is -2.24. The van der Waals surface area contributed by atoms with E-state index in [1.54, 1.807) is 6.92 Å². The molecule has 2 heterocycles. The number of nitrogens with two attached hydrogens (primary N) is 1. The van der Waals surface area contributed by atoms with Gasteiger partial charge in [-0.2, -0.15) is 4.98 Å². The van der Waals surface area contributed by atoms with Crippen molar-refractivity contribution in [3.8, 4) is 11.3 Å². The van der Waals surface area contributed by atoms with E-state index in [2.05, 4.69) is 16.8 Å². The third kappa shape index (κ3) is 2.13. The summed E-state index contributed by atoms with van der Waals surface area (Å²) >= 11 is 0. The van der Waals surface area contributed by atoms with Gasteiger partial charge in [-0.25, -0.2) is 4.39 Å². The summed E-state index contributed by atoms with van der Waals surface area (Å²) in [7, 11) is 0. The maximum Gasteiger partial charge on any atom is 0.292 e. The van der Waals surface area contributed by atoms with Gasteiger partial charge in [-0.1, -0.05) is 6.07 Å². The summed E-state index contributed by atoms with van der Waals surface area (Å²) in [6, 6.07) is 5.68. The van der Waals surface area contributed by atoms with Crippen LogP contribution in [0.5, 0.6) is 0 Å². The number of benzene rings is 1. The monoisotopic (exact) mass is 275 g/mol. The number of nitrogens with zero attached hydrogens (tertiary/aromatic N) is 2. The normalized spacial score (nSPS) is 18.8. The van der Waals surface area contributed by atoms with E-state index in [1.165, 1.54) is 6.07 Å². The lowest BCUT2D eigenvalue weighted by Crippen LogP contribution is -2.27. The van der Waals surface area contributed by atoms with E-state index in [0.717, 1.165) is 19.4 Å². The Balaban J connectivity index is 1.97. The number of aromatic nitrogens is 1. The number of nitrogen functional groups attached to an aromatic ring is 1. The maximum atomic E-state index is 14.4. The second kappa shape index (κ2) is 4.81. The van der Waals surface area contributed by atoms with Gasteiger partial charge in [0.15, 0.2) is 0 Å². The molecule has 20 heavy (non-hydrogen) atoms. The maximum absolute atomic E-state index is 14.4. The standard InChI is InChI=1S/C15H18FN3O/c1-9-4-3-7-19(9)13-6-5-11(8-12(13)16)14-10(2)20-15(17)18-14/h5-6,8-9H,3-4,7H2,1-2H3,(H2,17,18)/t9-/m0/s1. The number of anilines is 2. The third-order valence-corrected chi connectivity index (χ3v) is 3.90. The largest absolute Gasteiger partial charge is 0.429 e. The minimum absolute atomic E-state index is 0.107. The Morgan fingerprint density at radius 2 is 2.25 bits per heavy atom. The highest BCUT2D eigenvalue weighted by molar-refractivity contribution is 5.66. The average Bonchev–Trinajstić information content (AvgIpc) is 2.95. The molecule has 4 nitrogen and oxygen atoms in total. The van der Waals surface area contributed by atoms with Crippen molar-refractivity contribution >= 4 is 11.7 Å². The van der Waals surface area contributed by atoms with E-state index < -0.39 is 0 Å². The Morgan fingerprint density at radius 3 is 2.80 bits per heavy atom. The Morgan fingerprint density at radius 1 is 1.45 bits per heavy atom. The smallest absolute Gasteiger partial charge is 0.292 e. The van der Waals surface area contributed by atoms with Crippen molar-refractivity contribution in [3.05, 3.63) is 29.8 Å². The van der Waals surface area contributed by atoms with Crippen LogP contribution in [0.4, 0.5) is 16.1 Å². The molecule has 3 rings (SSSR count). The molecule has 2 N–H and O–H groups in total. The average molecular weight is 275 g/mol. The molecule has 1 atom stereocenters. The molecule has 1 saturated heterocycles. The van der Waals surface area contributed by atoms with Gasteiger partial charge in [-0.3, -0.25) is 0 Å². The van der Waals surface area contributed by atoms with Gasteiger partial charge in [0, 0.05) is 18.2 Å². The van der Waals surface area contributed by atoms with Crippen LogP contribution in [0.15, 0.2) is 22.6 Å². The summed E-state index contributed by atoms with van der Waals surface area (Å²) in [4.78, 5) is 6.21. The number of oxazole rings is 1. The molecule has 0 saturated carbocycles. The summed E-state index contributed by atoms with van der Waals surface area (Å²) in [6.07, 6.45) is 2.22. The van der Waals surface area contributed by atoms with Crippen molar-refractivity contribution < 1.29 is 8.81 Å². The van der Waals surface area contributed by atoms with Crippen molar-refractivity contribution in [1.82, 2.24) is 4.98 Å². The molecule has 1 aliphatic rings. The lowest BCUT2D eigenvalue weighted by atomic mass is 10.1. The molecule has 1 aromatic carbocycles. The number of hydrogen-bond acceptors (Lipinski definition) is 4. The fourth-order valence-electron chi connectivity index (χ4n) is 2.86. The van der Waals surface area contributed by atoms with Gasteiger partial charge in [-0.05, 0) is 38.8 Å². The number of halogens is 1. The molecule has 1 aliphatic heterocycles. The van der Waals surface area contributed by atoms with Crippen molar-refractivity contribution in [3.63, 3.8) is 0 Å². The molecular weight excluding hydrogens is 257 g/mol. The lowest BCUT2D eigenvalue weighted by molar-refractivity contribution is 0.548. The summed E-state index contributed by atoms with van der Waals surface area (Å²) < 4.78 is 19.6. The minimum atomic E-state index is -0.225. The van der Waals surface area contributed by atoms with E-state index in [1.807, 2.05) is 12.1 Å². The van der Waals surface area contributed by atoms with E-state index in [0.29, 0.717) is 28.7 Å². The highest BCUT2D eigenvalue weighted by Gasteiger charge is 2.23. The van der Waals surface area contributed by atoms with Crippen LogP contribution in [0.2, 0.25) is 0 Å². The van der Waals surface area contributed by atoms with Crippen LogP contribution in [-0.2, 0) is 0 Å². The molecule has 2 aromatic rings. The highest BCUT2D eigenvalue weighted by atomic mass is 19.1. The van der Waals surface area contributed by atoms with Crippen LogP contribution < -0.4 is 10.6 Å². The van der Waals surface area contributed by atoms with Gasteiger partial charge in [0.2, 0.25) is 0 Å². The Bertz CT molecular complexity index is 638. The predicted octanol–water partition coefficient (Wildman–Crippen LogP) is 3.36. The van der Waals surface area contributed by atoms with E-state index in [9.17, 15) is 4.39 Å². The van der Waals surface area contributed by atoms with Crippen LogP contribution in [0.3, 0.4) is 0 Å². The van der Waals surface area contributed by atoms with E-state index >= 15 is 0 Å². The van der Waals surface area contributed by atoms with Crippen molar-refractivity contribution in [2.45, 2.75) is 32.7 Å². The Hall–Kier alpha value is -2.04. The number of aryl methyl sites for hydroxylation is 1. The van der Waals surface area contributed by atoms with Gasteiger partial charge in [0.1, 0.15) is 17.3 Å². The number of rotatable bonds is 2. The summed E-state index contributed by atoms with van der Waals surface area (Å²) in [6.45, 7) is 4.81. The van der Waals surface area contributed by atoms with Crippen molar-refractivity contribution in [2.75, 3.05) is 17.2 Å². The van der Waals surface area contributed by atoms with Crippen LogP contribution in [0.1, 0.15) is 25.5 Å². The molecule has 1 fully saturated rings. The van der Waals surface area contributed by atoms with Crippen LogP contribution in [0, 0.1) is 12.7 Å². The van der Waals surface area contributed by atoms with E-state index in [-0.39, 0.29) is 11.8 Å². The molecule has 5 heteroatoms. The zero-order valence-electron chi connectivity index (χ0n) is 11.7. The quantitative estimate of drug-likeness (QED) is 0.913. The van der Waals surface area contributed by atoms with Crippen LogP contribution in [-0.4, -0.2) is 17.6 Å². The van der Waals surface area contributed by atoms with Crippen LogP contribution in [0.25, 0.3) is 11.3 Å². The molecule has 1 aromatic heterocycles. The van der Waals surface area contributed by atoms with E-state index in [4.69, 9.17) is 10.2 Å². The van der Waals surface area contributed by atoms with Gasteiger partial charge in [-0.15, -0.1) is 0 Å². The molecule has 0 aliphatic carbocycles. The van der Waals surface area contributed by atoms with Gasteiger partial charge in [0.25, 0.3) is 6.01 Å². The zero-order valence-corrected chi connectivity index (χ0v) is 11.7. The third-order valence-electron chi connectivity index (χ3n) is 3.90. The molecule has 0 spiro atoms. The van der Waals surface area contributed by atoms with Crippen molar-refractivity contribution in [1.29, 1.82) is 0 Å². The summed E-state index contributed by atoms with van der Waals surface area (Å²) in [5.41, 5.74) is 7.47. The first-order valence-electron chi connectivity index (χ1n) is 6.85. The molecule has 0 bridgehead atoms. The fourth-order valence-corrected chi connectivity index (χ4v) is 2.86. The first kappa shape index (κ1) is 13.0. The first-order valence-corrected chi connectivity index (χ1v) is 6.85. The van der Waals surface area contributed by atoms with Gasteiger partial charge >= 0.3 is 0 Å². The highest BCUT2D eigenvalue weighted by Crippen LogP contribution is 2.32.